The van der Waals surface area contributed by atoms with E-state index >= 15 is 0 Å². The summed E-state index contributed by atoms with van der Waals surface area (Å²) in [6.07, 6.45) is 2.35. The van der Waals surface area contributed by atoms with Crippen LogP contribution in [0.3, 0.4) is 0 Å². The van der Waals surface area contributed by atoms with Crippen molar-refractivity contribution in [2.24, 2.45) is 5.73 Å². The zero-order chi connectivity index (χ0) is 24.8. The van der Waals surface area contributed by atoms with Gasteiger partial charge in [-0.1, -0.05) is 36.4 Å². The van der Waals surface area contributed by atoms with Crippen molar-refractivity contribution in [1.82, 2.24) is 19.8 Å². The molecule has 4 rings (SSSR count). The monoisotopic (exact) mass is 474 g/mol. The zero-order valence-corrected chi connectivity index (χ0v) is 19.9. The van der Waals surface area contributed by atoms with Crippen molar-refractivity contribution < 1.29 is 9.59 Å². The number of likely N-dealkylation sites (tertiary alicyclic amines) is 1. The van der Waals surface area contributed by atoms with Gasteiger partial charge >= 0.3 is 6.03 Å². The van der Waals surface area contributed by atoms with E-state index in [9.17, 15) is 9.59 Å². The second kappa shape index (κ2) is 10.8. The SMILES string of the molecule is CN(C)[C@@H]1CCN(C(=O)Nc2cccc(Nc3ncc(C(N)=O)c(NCc4ccccc4)n3)c2)C1. The van der Waals surface area contributed by atoms with Crippen LogP contribution in [-0.2, 0) is 6.54 Å². The van der Waals surface area contributed by atoms with E-state index in [2.05, 4.69) is 30.8 Å². The second-order valence-electron chi connectivity index (χ2n) is 8.65. The Bertz CT molecular complexity index is 1190. The van der Waals surface area contributed by atoms with E-state index in [1.165, 1.54) is 6.20 Å². The minimum atomic E-state index is -0.616. The molecule has 2 heterocycles. The number of benzene rings is 2. The largest absolute Gasteiger partial charge is 0.365 e. The van der Waals surface area contributed by atoms with Gasteiger partial charge in [-0.3, -0.25) is 4.79 Å². The third kappa shape index (κ3) is 6.24. The first-order chi connectivity index (χ1) is 16.9. The maximum atomic E-state index is 12.7. The Morgan fingerprint density at radius 1 is 1.11 bits per heavy atom. The highest BCUT2D eigenvalue weighted by molar-refractivity contribution is 5.97. The minimum absolute atomic E-state index is 0.124. The third-order valence-electron chi connectivity index (χ3n) is 5.91. The number of primary amides is 1. The average Bonchev–Trinajstić information content (AvgIpc) is 3.35. The molecule has 5 N–H and O–H groups in total. The number of nitrogens with one attached hydrogen (secondary N) is 3. The quantitative estimate of drug-likeness (QED) is 0.395. The highest BCUT2D eigenvalue weighted by atomic mass is 16.2. The molecule has 10 nitrogen and oxygen atoms in total. The van der Waals surface area contributed by atoms with Gasteiger partial charge in [0.05, 0.1) is 5.56 Å². The summed E-state index contributed by atoms with van der Waals surface area (Å²) in [7, 11) is 4.06. The number of carbonyl (C=O) groups is 2. The molecule has 3 amide bonds. The van der Waals surface area contributed by atoms with Gasteiger partial charge in [-0.05, 0) is 44.3 Å². The standard InChI is InChI=1S/C25H30N8O2/c1-32(2)20-11-12-33(16-20)25(35)30-19-10-6-9-18(13-19)29-24-28-15-21(22(26)34)23(31-24)27-14-17-7-4-3-5-8-17/h3-10,13,15,20H,11-12,14,16H2,1-2H3,(H2,26,34)(H,30,35)(H2,27,28,29,31)/t20-/m1/s1. The molecule has 0 unspecified atom stereocenters. The van der Waals surface area contributed by atoms with Crippen molar-refractivity contribution in [1.29, 1.82) is 0 Å². The van der Waals surface area contributed by atoms with Crippen LogP contribution in [0.4, 0.5) is 27.9 Å². The predicted octanol–water partition coefficient (Wildman–Crippen LogP) is 3.10. The maximum Gasteiger partial charge on any atom is 0.321 e. The Labute approximate surface area is 204 Å². The summed E-state index contributed by atoms with van der Waals surface area (Å²) >= 11 is 0. The number of hydrogen-bond donors (Lipinski definition) is 4. The number of rotatable bonds is 8. The van der Waals surface area contributed by atoms with E-state index in [0.29, 0.717) is 42.3 Å². The molecule has 1 aliphatic heterocycles. The van der Waals surface area contributed by atoms with Crippen molar-refractivity contribution in [3.05, 3.63) is 71.9 Å². The molecule has 1 saturated heterocycles. The van der Waals surface area contributed by atoms with Crippen LogP contribution < -0.4 is 21.7 Å². The van der Waals surface area contributed by atoms with Gasteiger partial charge < -0.3 is 31.5 Å². The lowest BCUT2D eigenvalue weighted by Crippen LogP contribution is -2.36. The molecule has 0 radical (unpaired) electrons. The summed E-state index contributed by atoms with van der Waals surface area (Å²) in [6.45, 7) is 1.91. The van der Waals surface area contributed by atoms with Gasteiger partial charge in [-0.15, -0.1) is 0 Å². The number of urea groups is 1. The first-order valence-electron chi connectivity index (χ1n) is 11.4. The molecule has 0 saturated carbocycles. The highest BCUT2D eigenvalue weighted by Gasteiger charge is 2.27. The van der Waals surface area contributed by atoms with Gasteiger partial charge in [-0.25, -0.2) is 9.78 Å². The molecule has 2 aromatic carbocycles. The molecule has 0 bridgehead atoms. The van der Waals surface area contributed by atoms with Crippen LogP contribution in [0.1, 0.15) is 22.3 Å². The van der Waals surface area contributed by atoms with E-state index in [1.807, 2.05) is 67.5 Å². The van der Waals surface area contributed by atoms with E-state index in [0.717, 1.165) is 18.5 Å². The van der Waals surface area contributed by atoms with Crippen molar-refractivity contribution in [2.45, 2.75) is 19.0 Å². The molecular weight excluding hydrogens is 444 g/mol. The van der Waals surface area contributed by atoms with E-state index in [4.69, 9.17) is 5.73 Å². The highest BCUT2D eigenvalue weighted by Crippen LogP contribution is 2.22. The number of carbonyl (C=O) groups excluding carboxylic acids is 2. The van der Waals surface area contributed by atoms with Gasteiger partial charge in [-0.2, -0.15) is 4.98 Å². The summed E-state index contributed by atoms with van der Waals surface area (Å²) < 4.78 is 0. The lowest BCUT2D eigenvalue weighted by atomic mass is 10.2. The zero-order valence-electron chi connectivity index (χ0n) is 19.9. The Balaban J connectivity index is 1.43. The summed E-state index contributed by atoms with van der Waals surface area (Å²) in [5.74, 6) is 0.0189. The summed E-state index contributed by atoms with van der Waals surface area (Å²) in [6, 6.07) is 17.3. The van der Waals surface area contributed by atoms with Crippen LogP contribution in [0.25, 0.3) is 0 Å². The van der Waals surface area contributed by atoms with Crippen molar-refractivity contribution >= 4 is 35.1 Å². The number of amides is 3. The maximum absolute atomic E-state index is 12.7. The third-order valence-corrected chi connectivity index (χ3v) is 5.91. The normalized spacial score (nSPS) is 15.2. The van der Waals surface area contributed by atoms with Crippen molar-refractivity contribution in [3.63, 3.8) is 0 Å². The van der Waals surface area contributed by atoms with Crippen molar-refractivity contribution in [3.8, 4) is 0 Å². The molecule has 1 fully saturated rings. The smallest absolute Gasteiger partial charge is 0.321 e. The number of nitrogens with zero attached hydrogens (tertiary/aromatic N) is 4. The molecule has 1 atom stereocenters. The molecule has 0 spiro atoms. The van der Waals surface area contributed by atoms with Gasteiger partial charge in [0.1, 0.15) is 5.82 Å². The molecule has 3 aromatic rings. The number of aromatic nitrogens is 2. The minimum Gasteiger partial charge on any atom is -0.365 e. The molecular formula is C25H30N8O2. The number of anilines is 4. The Kier molecular flexibility index (Phi) is 7.41. The van der Waals surface area contributed by atoms with Crippen LogP contribution in [0, 0.1) is 0 Å². The molecule has 10 heteroatoms. The molecule has 1 aromatic heterocycles. The Morgan fingerprint density at radius 3 is 2.60 bits per heavy atom. The number of nitrogens with two attached hydrogens (primary N) is 1. The van der Waals surface area contributed by atoms with Crippen LogP contribution in [0.5, 0.6) is 0 Å². The first kappa shape index (κ1) is 24.0. The van der Waals surface area contributed by atoms with Gasteiger partial charge in [0, 0.05) is 43.2 Å². The average molecular weight is 475 g/mol. The van der Waals surface area contributed by atoms with Gasteiger partial charge in [0.25, 0.3) is 5.91 Å². The molecule has 0 aliphatic carbocycles. The fraction of sp³-hybridized carbons (Fsp3) is 0.280. The molecule has 182 valence electrons. The summed E-state index contributed by atoms with van der Waals surface area (Å²) in [5, 5.41) is 9.24. The fourth-order valence-corrected chi connectivity index (χ4v) is 3.89. The number of hydrogen-bond acceptors (Lipinski definition) is 7. The predicted molar refractivity (Wildman–Crippen MR) is 137 cm³/mol. The lowest BCUT2D eigenvalue weighted by Gasteiger charge is -2.21. The fourth-order valence-electron chi connectivity index (χ4n) is 3.89. The van der Waals surface area contributed by atoms with Crippen molar-refractivity contribution in [2.75, 3.05) is 43.1 Å². The Hall–Kier alpha value is -4.18. The topological polar surface area (TPSA) is 129 Å². The Morgan fingerprint density at radius 2 is 1.89 bits per heavy atom. The molecule has 1 aliphatic rings. The van der Waals surface area contributed by atoms with E-state index in [1.54, 1.807) is 6.07 Å². The summed E-state index contributed by atoms with van der Waals surface area (Å²) in [5.41, 5.74) is 8.09. The summed E-state index contributed by atoms with van der Waals surface area (Å²) in [4.78, 5) is 37.2. The lowest BCUT2D eigenvalue weighted by molar-refractivity contribution is 0.100. The molecule has 35 heavy (non-hydrogen) atoms. The van der Waals surface area contributed by atoms with Gasteiger partial charge in [0.2, 0.25) is 5.95 Å². The number of likely N-dealkylation sites (N-methyl/N-ethyl adjacent to an activating group) is 1. The van der Waals surface area contributed by atoms with Crippen LogP contribution in [-0.4, -0.2) is 64.9 Å². The van der Waals surface area contributed by atoms with E-state index in [-0.39, 0.29) is 11.6 Å². The second-order valence-corrected chi connectivity index (χ2v) is 8.65. The van der Waals surface area contributed by atoms with Crippen LogP contribution in [0.15, 0.2) is 60.8 Å². The van der Waals surface area contributed by atoms with E-state index < -0.39 is 5.91 Å². The van der Waals surface area contributed by atoms with Gasteiger partial charge in [0.15, 0.2) is 0 Å². The van der Waals surface area contributed by atoms with Crippen LogP contribution >= 0.6 is 0 Å². The first-order valence-corrected chi connectivity index (χ1v) is 11.4. The van der Waals surface area contributed by atoms with Crippen LogP contribution in [0.2, 0.25) is 0 Å².